The molecule has 0 aromatic carbocycles. The molecule has 0 aliphatic rings. The lowest BCUT2D eigenvalue weighted by Gasteiger charge is -2.02. The van der Waals surface area contributed by atoms with Crippen LogP contribution in [0.1, 0.15) is 16.2 Å². The van der Waals surface area contributed by atoms with Gasteiger partial charge in [-0.3, -0.25) is 9.78 Å². The minimum absolute atomic E-state index is 0.184. The van der Waals surface area contributed by atoms with Crippen LogP contribution in [0.3, 0.4) is 0 Å². The van der Waals surface area contributed by atoms with Crippen molar-refractivity contribution in [2.24, 2.45) is 0 Å². The van der Waals surface area contributed by atoms with Crippen LogP contribution in [0.5, 0.6) is 0 Å². The van der Waals surface area contributed by atoms with Crippen LogP contribution in [-0.2, 0) is 0 Å². The molecule has 16 heavy (non-hydrogen) atoms. The van der Waals surface area contributed by atoms with Gasteiger partial charge in [-0.05, 0) is 41.1 Å². The van der Waals surface area contributed by atoms with E-state index in [-0.39, 0.29) is 5.91 Å². The smallest absolute Gasteiger partial charge is 0.272 e. The molecular weight excluding hydrogens is 270 g/mol. The molecule has 2 aromatic rings. The maximum Gasteiger partial charge on any atom is 0.272 e. The van der Waals surface area contributed by atoms with Gasteiger partial charge in [-0.25, -0.2) is 0 Å². The average molecular weight is 280 g/mol. The van der Waals surface area contributed by atoms with Gasteiger partial charge in [0.05, 0.1) is 11.9 Å². The van der Waals surface area contributed by atoms with Crippen LogP contribution in [-0.4, -0.2) is 15.9 Å². The van der Waals surface area contributed by atoms with Crippen LogP contribution in [0.15, 0.2) is 35.1 Å². The van der Waals surface area contributed by atoms with Crippen LogP contribution in [0.25, 0.3) is 0 Å². The molecule has 0 aliphatic heterocycles. The summed E-state index contributed by atoms with van der Waals surface area (Å²) in [6.45, 7) is 1.90. The Kier molecular flexibility index (Phi) is 3.05. The molecule has 2 rings (SSSR count). The number of aryl methyl sites for hydroxylation is 1. The Hall–Kier alpha value is -1.62. The van der Waals surface area contributed by atoms with Crippen molar-refractivity contribution in [3.63, 3.8) is 0 Å². The van der Waals surface area contributed by atoms with E-state index < -0.39 is 0 Å². The first-order valence-electron chi connectivity index (χ1n) is 4.73. The topological polar surface area (TPSA) is 57.8 Å². The summed E-state index contributed by atoms with van der Waals surface area (Å²) in [5, 5.41) is 2.75. The summed E-state index contributed by atoms with van der Waals surface area (Å²) in [5.41, 5.74) is 2.11. The quantitative estimate of drug-likeness (QED) is 0.888. The molecule has 2 N–H and O–H groups in total. The van der Waals surface area contributed by atoms with Crippen molar-refractivity contribution in [1.82, 2.24) is 9.97 Å². The number of halogens is 1. The number of carbonyl (C=O) groups is 1. The fourth-order valence-corrected chi connectivity index (χ4v) is 1.58. The number of anilines is 1. The number of carbonyl (C=O) groups excluding carboxylic acids is 1. The van der Waals surface area contributed by atoms with Gasteiger partial charge in [-0.1, -0.05) is 0 Å². The van der Waals surface area contributed by atoms with Gasteiger partial charge in [0.1, 0.15) is 5.69 Å². The van der Waals surface area contributed by atoms with Crippen molar-refractivity contribution in [1.29, 1.82) is 0 Å². The Balaban J connectivity index is 2.10. The van der Waals surface area contributed by atoms with E-state index in [1.807, 2.05) is 19.1 Å². The third-order valence-electron chi connectivity index (χ3n) is 2.06. The minimum atomic E-state index is -0.184. The lowest BCUT2D eigenvalue weighted by atomic mass is 10.3. The number of nitrogens with zero attached hydrogens (tertiary/aromatic N) is 1. The summed E-state index contributed by atoms with van der Waals surface area (Å²) in [7, 11) is 0. The molecule has 82 valence electrons. The molecule has 0 saturated heterocycles. The van der Waals surface area contributed by atoms with Gasteiger partial charge in [0.2, 0.25) is 0 Å². The zero-order valence-corrected chi connectivity index (χ0v) is 10.2. The number of amides is 1. The molecule has 0 unspecified atom stereocenters. The van der Waals surface area contributed by atoms with Crippen LogP contribution in [0, 0.1) is 6.92 Å². The maximum atomic E-state index is 11.7. The first kappa shape index (κ1) is 10.9. The van der Waals surface area contributed by atoms with Gasteiger partial charge in [0.25, 0.3) is 5.91 Å². The SMILES string of the molecule is Cc1ccc(NC(=O)c2cc(Br)c[nH]2)cn1. The van der Waals surface area contributed by atoms with Crippen molar-refractivity contribution in [2.45, 2.75) is 6.92 Å². The van der Waals surface area contributed by atoms with Crippen LogP contribution in [0.2, 0.25) is 0 Å². The third-order valence-corrected chi connectivity index (χ3v) is 2.52. The third kappa shape index (κ3) is 2.49. The number of nitrogens with one attached hydrogen (secondary N) is 2. The van der Waals surface area contributed by atoms with E-state index in [1.165, 1.54) is 0 Å². The van der Waals surface area contributed by atoms with Crippen LogP contribution >= 0.6 is 15.9 Å². The number of hydrogen-bond acceptors (Lipinski definition) is 2. The summed E-state index contributed by atoms with van der Waals surface area (Å²) < 4.78 is 0.847. The van der Waals surface area contributed by atoms with E-state index in [0.29, 0.717) is 11.4 Å². The molecule has 0 saturated carbocycles. The fraction of sp³-hybridized carbons (Fsp3) is 0.0909. The average Bonchev–Trinajstić information content (AvgIpc) is 2.68. The molecule has 0 fully saturated rings. The first-order valence-corrected chi connectivity index (χ1v) is 5.52. The Morgan fingerprint density at radius 2 is 2.31 bits per heavy atom. The fourth-order valence-electron chi connectivity index (χ4n) is 1.24. The molecule has 4 nitrogen and oxygen atoms in total. The van der Waals surface area contributed by atoms with E-state index in [4.69, 9.17) is 0 Å². The predicted octanol–water partition coefficient (Wildman–Crippen LogP) is 2.73. The molecule has 0 spiro atoms. The van der Waals surface area contributed by atoms with Crippen molar-refractivity contribution in [3.05, 3.63) is 46.5 Å². The molecule has 2 heterocycles. The lowest BCUT2D eigenvalue weighted by molar-refractivity contribution is 0.102. The Labute approximate surface area is 101 Å². The summed E-state index contributed by atoms with van der Waals surface area (Å²) >= 11 is 3.27. The van der Waals surface area contributed by atoms with Gasteiger partial charge in [-0.2, -0.15) is 0 Å². The second kappa shape index (κ2) is 4.49. The number of aromatic amines is 1. The lowest BCUT2D eigenvalue weighted by Crippen LogP contribution is -2.12. The van der Waals surface area contributed by atoms with Gasteiger partial charge < -0.3 is 10.3 Å². The molecule has 0 radical (unpaired) electrons. The standard InChI is InChI=1S/C11H10BrN3O/c1-7-2-3-9(6-13-7)15-11(16)10-4-8(12)5-14-10/h2-6,14H,1H3,(H,15,16). The van der Waals surface area contributed by atoms with Crippen LogP contribution in [0.4, 0.5) is 5.69 Å². The molecule has 1 amide bonds. The summed E-state index contributed by atoms with van der Waals surface area (Å²) in [5.74, 6) is -0.184. The Morgan fingerprint density at radius 3 is 2.88 bits per heavy atom. The van der Waals surface area contributed by atoms with Crippen molar-refractivity contribution < 1.29 is 4.79 Å². The van der Waals surface area contributed by atoms with E-state index in [9.17, 15) is 4.79 Å². The minimum Gasteiger partial charge on any atom is -0.356 e. The molecule has 0 atom stereocenters. The highest BCUT2D eigenvalue weighted by Gasteiger charge is 2.07. The highest BCUT2D eigenvalue weighted by Crippen LogP contribution is 2.12. The molecule has 0 bridgehead atoms. The highest BCUT2D eigenvalue weighted by molar-refractivity contribution is 9.10. The first-order chi connectivity index (χ1) is 7.65. The van der Waals surface area contributed by atoms with Gasteiger partial charge in [0, 0.05) is 16.4 Å². The van der Waals surface area contributed by atoms with E-state index in [2.05, 4.69) is 31.2 Å². The summed E-state index contributed by atoms with van der Waals surface area (Å²) in [4.78, 5) is 18.7. The van der Waals surface area contributed by atoms with E-state index >= 15 is 0 Å². The predicted molar refractivity (Wildman–Crippen MR) is 65.4 cm³/mol. The maximum absolute atomic E-state index is 11.7. The summed E-state index contributed by atoms with van der Waals surface area (Å²) in [6, 6.07) is 5.38. The van der Waals surface area contributed by atoms with Crippen molar-refractivity contribution in [3.8, 4) is 0 Å². The largest absolute Gasteiger partial charge is 0.356 e. The van der Waals surface area contributed by atoms with Gasteiger partial charge >= 0.3 is 0 Å². The molecule has 0 aliphatic carbocycles. The normalized spacial score (nSPS) is 10.1. The molecular formula is C11H10BrN3O. The van der Waals surface area contributed by atoms with Gasteiger partial charge in [-0.15, -0.1) is 0 Å². The second-order valence-corrected chi connectivity index (χ2v) is 4.29. The van der Waals surface area contributed by atoms with Crippen molar-refractivity contribution >= 4 is 27.5 Å². The monoisotopic (exact) mass is 279 g/mol. The highest BCUT2D eigenvalue weighted by atomic mass is 79.9. The number of rotatable bonds is 2. The van der Waals surface area contributed by atoms with E-state index in [1.54, 1.807) is 18.5 Å². The van der Waals surface area contributed by atoms with Gasteiger partial charge in [0.15, 0.2) is 0 Å². The summed E-state index contributed by atoms with van der Waals surface area (Å²) in [6.07, 6.45) is 3.34. The number of aromatic nitrogens is 2. The number of hydrogen-bond donors (Lipinski definition) is 2. The van der Waals surface area contributed by atoms with Crippen molar-refractivity contribution in [2.75, 3.05) is 5.32 Å². The van der Waals surface area contributed by atoms with E-state index in [0.717, 1.165) is 10.2 Å². The second-order valence-electron chi connectivity index (χ2n) is 3.37. The number of H-pyrrole nitrogens is 1. The number of pyridine rings is 1. The molecule has 2 aromatic heterocycles. The van der Waals surface area contributed by atoms with Crippen LogP contribution < -0.4 is 5.32 Å². The Morgan fingerprint density at radius 1 is 1.50 bits per heavy atom. The molecule has 5 heteroatoms. The zero-order chi connectivity index (χ0) is 11.5. The Bertz CT molecular complexity index is 504. The zero-order valence-electron chi connectivity index (χ0n) is 8.62.